The molecule has 0 saturated heterocycles. The maximum Gasteiger partial charge on any atom is 0.338 e. The molecule has 5 nitrogen and oxygen atoms in total. The van der Waals surface area contributed by atoms with E-state index in [0.29, 0.717) is 18.7 Å². The second-order valence-corrected chi connectivity index (χ2v) is 4.60. The van der Waals surface area contributed by atoms with E-state index in [9.17, 15) is 14.7 Å². The minimum absolute atomic E-state index is 0.160. The zero-order valence-corrected chi connectivity index (χ0v) is 11.9. The molecule has 0 spiro atoms. The third-order valence-corrected chi connectivity index (χ3v) is 2.94. The number of aliphatic hydroxyl groups excluding tert-OH is 1. The number of aliphatic hydroxyl groups is 1. The Bertz CT molecular complexity index is 486. The lowest BCUT2D eigenvalue weighted by Crippen LogP contribution is -2.13. The molecule has 0 aliphatic carbocycles. The van der Waals surface area contributed by atoms with Crippen LogP contribution in [0.2, 0.25) is 0 Å². The fraction of sp³-hybridized carbons (Fsp3) is 0.429. The lowest BCUT2D eigenvalue weighted by atomic mass is 9.99. The third kappa shape index (κ3) is 4.51. The molecule has 20 heavy (non-hydrogen) atoms. The molecule has 0 aliphatic heterocycles. The van der Waals surface area contributed by atoms with Crippen molar-refractivity contribution in [2.24, 2.45) is 0 Å². The van der Waals surface area contributed by atoms with Gasteiger partial charge in [0.15, 0.2) is 6.10 Å². The van der Waals surface area contributed by atoms with Gasteiger partial charge in [0.25, 0.3) is 0 Å². The molecule has 1 aromatic rings. The smallest absolute Gasteiger partial charge is 0.338 e. The van der Waals surface area contributed by atoms with Crippen molar-refractivity contribution in [2.75, 3.05) is 12.5 Å². The van der Waals surface area contributed by atoms with Crippen molar-refractivity contribution in [2.45, 2.75) is 25.9 Å². The van der Waals surface area contributed by atoms with Crippen molar-refractivity contribution < 1.29 is 24.5 Å². The maximum absolute atomic E-state index is 11.7. The number of esters is 1. The molecule has 1 rings (SSSR count). The molecule has 0 amide bonds. The van der Waals surface area contributed by atoms with E-state index in [-0.39, 0.29) is 17.7 Å². The van der Waals surface area contributed by atoms with Crippen LogP contribution in [0.25, 0.3) is 0 Å². The van der Waals surface area contributed by atoms with Crippen LogP contribution in [0.5, 0.6) is 0 Å². The van der Waals surface area contributed by atoms with Crippen LogP contribution >= 0.6 is 11.6 Å². The van der Waals surface area contributed by atoms with Gasteiger partial charge >= 0.3 is 11.9 Å². The van der Waals surface area contributed by atoms with E-state index in [1.807, 2.05) is 0 Å². The fourth-order valence-corrected chi connectivity index (χ4v) is 1.90. The van der Waals surface area contributed by atoms with Gasteiger partial charge in [-0.25, -0.2) is 9.59 Å². The van der Waals surface area contributed by atoms with Crippen molar-refractivity contribution in [3.8, 4) is 0 Å². The minimum Gasteiger partial charge on any atom is -0.479 e. The summed E-state index contributed by atoms with van der Waals surface area (Å²) in [5.74, 6) is -1.45. The van der Waals surface area contributed by atoms with E-state index in [0.717, 1.165) is 5.56 Å². The highest BCUT2D eigenvalue weighted by atomic mass is 35.5. The average molecular weight is 301 g/mol. The SMILES string of the molecule is CCOC(=O)c1cc(CCCCl)cc(C(O)C(=O)O)c1. The Labute approximate surface area is 122 Å². The van der Waals surface area contributed by atoms with Crippen molar-refractivity contribution in [1.82, 2.24) is 0 Å². The molecular formula is C14H17ClO5. The maximum atomic E-state index is 11.7. The van der Waals surface area contributed by atoms with Crippen molar-refractivity contribution in [3.63, 3.8) is 0 Å². The highest BCUT2D eigenvalue weighted by molar-refractivity contribution is 6.17. The van der Waals surface area contributed by atoms with E-state index in [2.05, 4.69) is 0 Å². The van der Waals surface area contributed by atoms with Crippen LogP contribution in [0.1, 0.15) is 40.9 Å². The number of rotatable bonds is 7. The van der Waals surface area contributed by atoms with Crippen molar-refractivity contribution >= 4 is 23.5 Å². The molecule has 110 valence electrons. The van der Waals surface area contributed by atoms with E-state index in [1.165, 1.54) is 6.07 Å². The van der Waals surface area contributed by atoms with Gasteiger partial charge in [-0.2, -0.15) is 0 Å². The molecular weight excluding hydrogens is 284 g/mol. The first kappa shape index (κ1) is 16.5. The number of benzene rings is 1. The molecule has 2 N–H and O–H groups in total. The first-order chi connectivity index (χ1) is 9.49. The number of carbonyl (C=O) groups excluding carboxylic acids is 1. The van der Waals surface area contributed by atoms with Crippen LogP contribution in [-0.2, 0) is 16.0 Å². The van der Waals surface area contributed by atoms with Gasteiger partial charge in [0.2, 0.25) is 0 Å². The van der Waals surface area contributed by atoms with Crippen molar-refractivity contribution in [3.05, 3.63) is 34.9 Å². The predicted molar refractivity (Wildman–Crippen MR) is 74.0 cm³/mol. The highest BCUT2D eigenvalue weighted by Crippen LogP contribution is 2.20. The third-order valence-electron chi connectivity index (χ3n) is 2.67. The van der Waals surface area contributed by atoms with E-state index < -0.39 is 18.0 Å². The second kappa shape index (κ2) is 7.87. The first-order valence-electron chi connectivity index (χ1n) is 6.27. The molecule has 0 saturated carbocycles. The summed E-state index contributed by atoms with van der Waals surface area (Å²) in [6.07, 6.45) is -0.383. The van der Waals surface area contributed by atoms with E-state index in [4.69, 9.17) is 21.4 Å². The standard InChI is InChI=1S/C14H17ClO5/c1-2-20-14(19)11-7-9(4-3-5-15)6-10(8-11)12(16)13(17)18/h6-8,12,16H,2-5H2,1H3,(H,17,18). The fourth-order valence-electron chi connectivity index (χ4n) is 1.77. The number of hydrogen-bond acceptors (Lipinski definition) is 4. The van der Waals surface area contributed by atoms with Gasteiger partial charge in [-0.3, -0.25) is 0 Å². The summed E-state index contributed by atoms with van der Waals surface area (Å²) in [6.45, 7) is 1.91. The predicted octanol–water partition coefficient (Wildman–Crippen LogP) is 2.15. The lowest BCUT2D eigenvalue weighted by molar-refractivity contribution is -0.146. The quantitative estimate of drug-likeness (QED) is 0.595. The van der Waals surface area contributed by atoms with Gasteiger partial charge in [-0.15, -0.1) is 11.6 Å². The number of ether oxygens (including phenoxy) is 1. The first-order valence-corrected chi connectivity index (χ1v) is 6.80. The molecule has 6 heteroatoms. The van der Waals surface area contributed by atoms with Crippen LogP contribution in [0.3, 0.4) is 0 Å². The number of carboxylic acids is 1. The Kier molecular flexibility index (Phi) is 6.48. The summed E-state index contributed by atoms with van der Waals surface area (Å²) in [5.41, 5.74) is 1.13. The summed E-state index contributed by atoms with van der Waals surface area (Å²) in [4.78, 5) is 22.6. The summed E-state index contributed by atoms with van der Waals surface area (Å²) < 4.78 is 4.89. The van der Waals surface area contributed by atoms with Crippen molar-refractivity contribution in [1.29, 1.82) is 0 Å². The Morgan fingerprint density at radius 1 is 1.35 bits per heavy atom. The molecule has 1 atom stereocenters. The number of alkyl halides is 1. The van der Waals surface area contributed by atoms with Gasteiger partial charge < -0.3 is 14.9 Å². The van der Waals surface area contributed by atoms with Crippen LogP contribution in [-0.4, -0.2) is 34.6 Å². The number of hydrogen-bond donors (Lipinski definition) is 2. The summed E-state index contributed by atoms with van der Waals surface area (Å²) >= 11 is 5.62. The monoisotopic (exact) mass is 300 g/mol. The molecule has 0 heterocycles. The van der Waals surface area contributed by atoms with Gasteiger partial charge in [0.05, 0.1) is 12.2 Å². The molecule has 0 bridgehead atoms. The molecule has 1 unspecified atom stereocenters. The molecule has 0 fully saturated rings. The highest BCUT2D eigenvalue weighted by Gasteiger charge is 2.19. The number of carbonyl (C=O) groups is 2. The number of aryl methyl sites for hydroxylation is 1. The number of halogens is 1. The number of carboxylic acid groups (broad SMARTS) is 1. The van der Waals surface area contributed by atoms with E-state index in [1.54, 1.807) is 19.1 Å². The van der Waals surface area contributed by atoms with E-state index >= 15 is 0 Å². The average Bonchev–Trinajstić information content (AvgIpc) is 2.44. The lowest BCUT2D eigenvalue weighted by Gasteiger charge is -2.11. The van der Waals surface area contributed by atoms with Gasteiger partial charge in [0, 0.05) is 5.88 Å². The Hall–Kier alpha value is -1.59. The number of aliphatic carboxylic acids is 1. The summed E-state index contributed by atoms with van der Waals surface area (Å²) in [7, 11) is 0. The van der Waals surface area contributed by atoms with Crippen LogP contribution in [0, 0.1) is 0 Å². The topological polar surface area (TPSA) is 83.8 Å². The largest absolute Gasteiger partial charge is 0.479 e. The van der Waals surface area contributed by atoms with Gasteiger partial charge in [-0.1, -0.05) is 6.07 Å². The van der Waals surface area contributed by atoms with Crippen LogP contribution in [0.15, 0.2) is 18.2 Å². The van der Waals surface area contributed by atoms with Crippen LogP contribution in [0.4, 0.5) is 0 Å². The minimum atomic E-state index is -1.67. The molecule has 1 aromatic carbocycles. The summed E-state index contributed by atoms with van der Waals surface area (Å²) in [5, 5.41) is 18.5. The summed E-state index contributed by atoms with van der Waals surface area (Å²) in [6, 6.07) is 4.53. The Morgan fingerprint density at radius 2 is 2.05 bits per heavy atom. The zero-order chi connectivity index (χ0) is 15.1. The zero-order valence-electron chi connectivity index (χ0n) is 11.1. The van der Waals surface area contributed by atoms with Crippen LogP contribution < -0.4 is 0 Å². The molecule has 0 aliphatic rings. The Balaban J connectivity index is 3.13. The molecule has 0 aromatic heterocycles. The normalized spacial score (nSPS) is 11.9. The van der Waals surface area contributed by atoms with Gasteiger partial charge in [0.1, 0.15) is 0 Å². The Morgan fingerprint density at radius 3 is 2.60 bits per heavy atom. The van der Waals surface area contributed by atoms with Gasteiger partial charge in [-0.05, 0) is 43.0 Å². The second-order valence-electron chi connectivity index (χ2n) is 4.22. The molecule has 0 radical (unpaired) electrons.